The summed E-state index contributed by atoms with van der Waals surface area (Å²) in [5, 5.41) is 10.5. The van der Waals surface area contributed by atoms with E-state index in [0.717, 1.165) is 0 Å². The Morgan fingerprint density at radius 2 is 1.95 bits per heavy atom. The van der Waals surface area contributed by atoms with Gasteiger partial charge >= 0.3 is 0 Å². The van der Waals surface area contributed by atoms with E-state index in [9.17, 15) is 22.8 Å². The number of fused-ring (bicyclic) bond motifs is 2. The Labute approximate surface area is 219 Å². The van der Waals surface area contributed by atoms with Crippen molar-refractivity contribution in [1.29, 1.82) is 0 Å². The number of amides is 2. The number of nitrogens with one attached hydrogen (secondary N) is 2. The predicted octanol–water partition coefficient (Wildman–Crippen LogP) is 4.57. The molecule has 2 aromatic heterocycles. The quantitative estimate of drug-likeness (QED) is 0.293. The van der Waals surface area contributed by atoms with Crippen molar-refractivity contribution in [3.63, 3.8) is 0 Å². The summed E-state index contributed by atoms with van der Waals surface area (Å²) in [4.78, 5) is 35.0. The Bertz CT molecular complexity index is 1580. The normalized spacial score (nSPS) is 16.9. The number of anilines is 3. The Morgan fingerprint density at radius 1 is 1.21 bits per heavy atom. The van der Waals surface area contributed by atoms with Crippen molar-refractivity contribution in [2.75, 3.05) is 23.0 Å². The molecule has 38 heavy (non-hydrogen) atoms. The summed E-state index contributed by atoms with van der Waals surface area (Å²) in [7, 11) is 0. The molecule has 0 spiro atoms. The number of para-hydroxylation sites is 1. The van der Waals surface area contributed by atoms with Crippen LogP contribution in [0.1, 0.15) is 18.9 Å². The fourth-order valence-corrected chi connectivity index (χ4v) is 4.49. The number of nitrogens with two attached hydrogens (primary N) is 1. The van der Waals surface area contributed by atoms with Gasteiger partial charge in [-0.05, 0) is 37.3 Å². The maximum Gasteiger partial charge on any atom is 0.277 e. The average Bonchev–Trinajstić information content (AvgIpc) is 3.38. The third-order valence-electron chi connectivity index (χ3n) is 6.42. The van der Waals surface area contributed by atoms with Gasteiger partial charge in [-0.15, -0.1) is 0 Å². The van der Waals surface area contributed by atoms with Crippen LogP contribution in [0, 0.1) is 0 Å². The molecule has 2 amide bonds. The molecule has 1 unspecified atom stereocenters. The van der Waals surface area contributed by atoms with Crippen LogP contribution in [-0.2, 0) is 21.5 Å². The summed E-state index contributed by atoms with van der Waals surface area (Å²) in [5.41, 5.74) is 5.73. The second-order valence-corrected chi connectivity index (χ2v) is 9.46. The number of rotatable bonds is 7. The fourth-order valence-electron chi connectivity index (χ4n) is 4.33. The molecular formula is C25H21ClF3N7O2. The highest BCUT2D eigenvalue weighted by Crippen LogP contribution is 2.42. The third-order valence-corrected chi connectivity index (χ3v) is 6.65. The molecule has 196 valence electrons. The lowest BCUT2D eigenvalue weighted by atomic mass is 9.83. The Kier molecular flexibility index (Phi) is 6.22. The molecule has 4 N–H and O–H groups in total. The summed E-state index contributed by atoms with van der Waals surface area (Å²) >= 11 is 6.11. The second-order valence-electron chi connectivity index (χ2n) is 9.03. The van der Waals surface area contributed by atoms with Gasteiger partial charge < -0.3 is 16.4 Å². The van der Waals surface area contributed by atoms with Crippen molar-refractivity contribution in [3.05, 3.63) is 59.1 Å². The highest BCUT2D eigenvalue weighted by atomic mass is 35.5. The first-order valence-electron chi connectivity index (χ1n) is 11.5. The number of alkyl halides is 3. The van der Waals surface area contributed by atoms with Gasteiger partial charge in [0.05, 0.1) is 11.1 Å². The molecule has 4 aromatic rings. The maximum atomic E-state index is 13.6. The summed E-state index contributed by atoms with van der Waals surface area (Å²) < 4.78 is 41.1. The standard InChI is InChI=1S/C25H21ClF3N7O2/c1-24(22(37)31-14-5-3-2-4-6-14)17-19(30)32-21(33-20(17)34-23(24)38)18-15-8-7-13(26)11-16(15)36(35-18)10-9-25(28,29)12-27/h2-8,11H,9-10,12H2,1H3,(H,31,37)(H3,30,32,33,34,38). The first-order chi connectivity index (χ1) is 18.0. The molecule has 0 bridgehead atoms. The molecule has 0 fully saturated rings. The molecule has 13 heteroatoms. The van der Waals surface area contributed by atoms with Gasteiger partial charge in [-0.2, -0.15) is 5.10 Å². The molecule has 0 aliphatic carbocycles. The van der Waals surface area contributed by atoms with Crippen molar-refractivity contribution >= 4 is 51.6 Å². The lowest BCUT2D eigenvalue weighted by Gasteiger charge is -2.21. The number of carbonyl (C=O) groups is 2. The van der Waals surface area contributed by atoms with Crippen molar-refractivity contribution in [2.24, 2.45) is 0 Å². The minimum absolute atomic E-state index is 0.00223. The van der Waals surface area contributed by atoms with E-state index in [1.54, 1.807) is 42.5 Å². The topological polar surface area (TPSA) is 128 Å². The lowest BCUT2D eigenvalue weighted by Crippen LogP contribution is -2.43. The maximum absolute atomic E-state index is 13.6. The number of hydrogen-bond donors (Lipinski definition) is 3. The van der Waals surface area contributed by atoms with E-state index in [2.05, 4.69) is 25.7 Å². The molecule has 0 saturated carbocycles. The molecular weight excluding hydrogens is 523 g/mol. The number of aromatic nitrogens is 4. The summed E-state index contributed by atoms with van der Waals surface area (Å²) in [5.74, 6) is -4.88. The zero-order valence-corrected chi connectivity index (χ0v) is 20.7. The molecule has 5 rings (SSSR count). The third kappa shape index (κ3) is 4.30. The fraction of sp³-hybridized carbons (Fsp3) is 0.240. The number of carbonyl (C=O) groups excluding carboxylic acids is 2. The Balaban J connectivity index is 1.56. The predicted molar refractivity (Wildman–Crippen MR) is 137 cm³/mol. The second kappa shape index (κ2) is 9.28. The van der Waals surface area contributed by atoms with Gasteiger partial charge in [-0.3, -0.25) is 14.3 Å². The number of aryl methyl sites for hydroxylation is 1. The molecule has 3 heterocycles. The Morgan fingerprint density at radius 3 is 2.66 bits per heavy atom. The number of hydrogen-bond acceptors (Lipinski definition) is 6. The van der Waals surface area contributed by atoms with Crippen molar-refractivity contribution < 1.29 is 22.8 Å². The van der Waals surface area contributed by atoms with E-state index < -0.39 is 36.2 Å². The van der Waals surface area contributed by atoms with Gasteiger partial charge in [-0.1, -0.05) is 29.8 Å². The van der Waals surface area contributed by atoms with Gasteiger partial charge in [0.1, 0.15) is 17.3 Å². The first-order valence-corrected chi connectivity index (χ1v) is 11.9. The number of nitrogens with zero attached hydrogens (tertiary/aromatic N) is 4. The van der Waals surface area contributed by atoms with Crippen LogP contribution < -0.4 is 16.4 Å². The van der Waals surface area contributed by atoms with E-state index in [-0.39, 0.29) is 35.3 Å². The molecule has 0 saturated heterocycles. The van der Waals surface area contributed by atoms with Gasteiger partial charge in [0.2, 0.25) is 11.8 Å². The van der Waals surface area contributed by atoms with E-state index in [1.807, 2.05) is 0 Å². The first kappa shape index (κ1) is 25.5. The van der Waals surface area contributed by atoms with Gasteiger partial charge in [0, 0.05) is 29.1 Å². The summed E-state index contributed by atoms with van der Waals surface area (Å²) in [6.07, 6.45) is -0.787. The summed E-state index contributed by atoms with van der Waals surface area (Å²) in [6, 6.07) is 13.3. The van der Waals surface area contributed by atoms with Crippen LogP contribution in [0.5, 0.6) is 0 Å². The van der Waals surface area contributed by atoms with Gasteiger partial charge in [0.15, 0.2) is 17.9 Å². The van der Waals surface area contributed by atoms with Crippen molar-refractivity contribution in [2.45, 2.75) is 31.2 Å². The minimum atomic E-state index is -3.51. The highest BCUT2D eigenvalue weighted by Gasteiger charge is 2.52. The van der Waals surface area contributed by atoms with E-state index in [0.29, 0.717) is 21.6 Å². The van der Waals surface area contributed by atoms with Crippen LogP contribution in [0.25, 0.3) is 22.4 Å². The monoisotopic (exact) mass is 543 g/mol. The minimum Gasteiger partial charge on any atom is -0.383 e. The number of benzene rings is 2. The van der Waals surface area contributed by atoms with Gasteiger partial charge in [0.25, 0.3) is 5.92 Å². The van der Waals surface area contributed by atoms with Crippen LogP contribution in [0.2, 0.25) is 5.02 Å². The van der Waals surface area contributed by atoms with Crippen LogP contribution in [-0.4, -0.2) is 44.2 Å². The zero-order valence-electron chi connectivity index (χ0n) is 19.9. The van der Waals surface area contributed by atoms with Crippen LogP contribution >= 0.6 is 11.6 Å². The van der Waals surface area contributed by atoms with E-state index in [1.165, 1.54) is 17.7 Å². The Hall–Kier alpha value is -4.19. The largest absolute Gasteiger partial charge is 0.383 e. The molecule has 1 aliphatic rings. The SMILES string of the molecule is CC1(C(=O)Nc2ccccc2)C(=O)Nc2nc(-c3nn(CCC(F)(F)CF)c4cc(Cl)ccc34)nc(N)c21. The molecule has 9 nitrogen and oxygen atoms in total. The lowest BCUT2D eigenvalue weighted by molar-refractivity contribution is -0.130. The van der Waals surface area contributed by atoms with Crippen LogP contribution in [0.15, 0.2) is 48.5 Å². The molecule has 2 aromatic carbocycles. The number of halogens is 4. The van der Waals surface area contributed by atoms with E-state index >= 15 is 0 Å². The van der Waals surface area contributed by atoms with Crippen LogP contribution in [0.3, 0.4) is 0 Å². The molecule has 1 aliphatic heterocycles. The average molecular weight is 544 g/mol. The molecule has 1 atom stereocenters. The molecule has 0 radical (unpaired) electrons. The van der Waals surface area contributed by atoms with Gasteiger partial charge in [-0.25, -0.2) is 23.1 Å². The van der Waals surface area contributed by atoms with E-state index in [4.69, 9.17) is 17.3 Å². The zero-order chi connectivity index (χ0) is 27.2. The van der Waals surface area contributed by atoms with Crippen LogP contribution in [0.4, 0.5) is 30.5 Å². The summed E-state index contributed by atoms with van der Waals surface area (Å²) in [6.45, 7) is -0.674. The highest BCUT2D eigenvalue weighted by molar-refractivity contribution is 6.31. The van der Waals surface area contributed by atoms with Crippen molar-refractivity contribution in [1.82, 2.24) is 19.7 Å². The smallest absolute Gasteiger partial charge is 0.277 e. The number of nitrogen functional groups attached to an aromatic ring is 1. The van der Waals surface area contributed by atoms with Crippen molar-refractivity contribution in [3.8, 4) is 11.5 Å².